The predicted molar refractivity (Wildman–Crippen MR) is 93.9 cm³/mol. The first-order valence-electron chi connectivity index (χ1n) is 8.59. The van der Waals surface area contributed by atoms with Crippen LogP contribution in [0.2, 0.25) is 0 Å². The lowest BCUT2D eigenvalue weighted by Gasteiger charge is -2.21. The van der Waals surface area contributed by atoms with Gasteiger partial charge in [-0.05, 0) is 12.1 Å². The Hall–Kier alpha value is -1.97. The summed E-state index contributed by atoms with van der Waals surface area (Å²) in [7, 11) is -3.26. The van der Waals surface area contributed by atoms with E-state index in [0.717, 1.165) is 5.39 Å². The number of carbonyl (C=O) groups excluding carboxylic acids is 1. The fourth-order valence-electron chi connectivity index (χ4n) is 3.69. The van der Waals surface area contributed by atoms with Gasteiger partial charge in [-0.3, -0.25) is 4.79 Å². The molecule has 1 amide bonds. The number of hydrogen-bond donors (Lipinski definition) is 0. The maximum atomic E-state index is 12.7. The molecule has 4 rings (SSSR count). The predicted octanol–water partition coefficient (Wildman–Crippen LogP) is 0.489. The largest absolute Gasteiger partial charge is 0.375 e. The molecule has 0 N–H and O–H groups in total. The number of ether oxygens (including phenoxy) is 1. The molecule has 1 aromatic carbocycles. The van der Waals surface area contributed by atoms with Crippen molar-refractivity contribution in [1.29, 1.82) is 0 Å². The molecule has 1 aromatic heterocycles. The number of likely N-dealkylation sites (tertiary alicyclic amines) is 1. The van der Waals surface area contributed by atoms with Crippen LogP contribution in [0.25, 0.3) is 11.0 Å². The molecular formula is C17H21N3O5S. The number of nitrogens with zero attached hydrogens (tertiary/aromatic N) is 3. The lowest BCUT2D eigenvalue weighted by Crippen LogP contribution is -2.37. The molecule has 3 heterocycles. The molecule has 0 saturated carbocycles. The van der Waals surface area contributed by atoms with Gasteiger partial charge >= 0.3 is 0 Å². The van der Waals surface area contributed by atoms with Crippen molar-refractivity contribution < 1.29 is 22.5 Å². The number of carbonyl (C=O) groups is 1. The first kappa shape index (κ1) is 17.4. The van der Waals surface area contributed by atoms with Crippen molar-refractivity contribution in [1.82, 2.24) is 14.4 Å². The first-order valence-corrected chi connectivity index (χ1v) is 10.4. The van der Waals surface area contributed by atoms with Crippen LogP contribution < -0.4 is 0 Å². The second kappa shape index (κ2) is 6.64. The molecule has 0 spiro atoms. The van der Waals surface area contributed by atoms with Gasteiger partial charge in [0.15, 0.2) is 5.58 Å². The van der Waals surface area contributed by atoms with Crippen LogP contribution in [0.15, 0.2) is 28.8 Å². The van der Waals surface area contributed by atoms with E-state index in [-0.39, 0.29) is 24.3 Å². The third-order valence-electron chi connectivity index (χ3n) is 5.08. The third kappa shape index (κ3) is 3.34. The van der Waals surface area contributed by atoms with Gasteiger partial charge in [-0.1, -0.05) is 17.3 Å². The lowest BCUT2D eigenvalue weighted by molar-refractivity contribution is -0.130. The SMILES string of the molecule is CS(=O)(=O)N1CCO[C@@H]2CN(C(=O)Cc3noc4ccccc34)C[C@@H]2C1. The van der Waals surface area contributed by atoms with Crippen LogP contribution in [0.5, 0.6) is 0 Å². The molecule has 0 bridgehead atoms. The summed E-state index contributed by atoms with van der Waals surface area (Å²) in [5.41, 5.74) is 1.28. The van der Waals surface area contributed by atoms with Crippen LogP contribution in [0.3, 0.4) is 0 Å². The lowest BCUT2D eigenvalue weighted by atomic mass is 10.1. The van der Waals surface area contributed by atoms with E-state index in [4.69, 9.17) is 9.26 Å². The zero-order valence-electron chi connectivity index (χ0n) is 14.5. The molecule has 26 heavy (non-hydrogen) atoms. The van der Waals surface area contributed by atoms with Crippen molar-refractivity contribution in [3.8, 4) is 0 Å². The van der Waals surface area contributed by atoms with Crippen LogP contribution in [0.1, 0.15) is 5.69 Å². The summed E-state index contributed by atoms with van der Waals surface area (Å²) in [5.74, 6) is -0.0585. The summed E-state index contributed by atoms with van der Waals surface area (Å²) >= 11 is 0. The number of para-hydroxylation sites is 1. The maximum Gasteiger partial charge on any atom is 0.228 e. The van der Waals surface area contributed by atoms with Crippen molar-refractivity contribution in [2.75, 3.05) is 39.0 Å². The van der Waals surface area contributed by atoms with Gasteiger partial charge in [0.25, 0.3) is 0 Å². The Morgan fingerprint density at radius 1 is 1.27 bits per heavy atom. The van der Waals surface area contributed by atoms with E-state index < -0.39 is 10.0 Å². The molecular weight excluding hydrogens is 358 g/mol. The summed E-state index contributed by atoms with van der Waals surface area (Å²) in [6.45, 7) is 2.08. The molecule has 2 aromatic rings. The van der Waals surface area contributed by atoms with Crippen LogP contribution >= 0.6 is 0 Å². The van der Waals surface area contributed by atoms with Crippen molar-refractivity contribution in [2.24, 2.45) is 5.92 Å². The molecule has 2 fully saturated rings. The van der Waals surface area contributed by atoms with E-state index in [0.29, 0.717) is 44.1 Å². The number of hydrogen-bond acceptors (Lipinski definition) is 6. The molecule has 0 aliphatic carbocycles. The van der Waals surface area contributed by atoms with Gasteiger partial charge in [0.1, 0.15) is 5.69 Å². The fourth-order valence-corrected chi connectivity index (χ4v) is 4.56. The van der Waals surface area contributed by atoms with E-state index in [1.54, 1.807) is 4.90 Å². The molecule has 0 radical (unpaired) electrons. The third-order valence-corrected chi connectivity index (χ3v) is 6.35. The summed E-state index contributed by atoms with van der Waals surface area (Å²) in [6.07, 6.45) is 1.24. The molecule has 2 aliphatic rings. The van der Waals surface area contributed by atoms with E-state index in [2.05, 4.69) is 5.16 Å². The maximum absolute atomic E-state index is 12.7. The number of amides is 1. The molecule has 140 valence electrons. The van der Waals surface area contributed by atoms with Gasteiger partial charge in [0.2, 0.25) is 15.9 Å². The Kier molecular flexibility index (Phi) is 4.45. The van der Waals surface area contributed by atoms with Crippen LogP contribution in [-0.4, -0.2) is 73.8 Å². The van der Waals surface area contributed by atoms with Crippen molar-refractivity contribution in [3.63, 3.8) is 0 Å². The van der Waals surface area contributed by atoms with E-state index in [1.165, 1.54) is 10.6 Å². The average molecular weight is 379 g/mol. The minimum atomic E-state index is -3.26. The Labute approximate surface area is 151 Å². The summed E-state index contributed by atoms with van der Waals surface area (Å²) < 4.78 is 36.2. The van der Waals surface area contributed by atoms with Gasteiger partial charge in [0, 0.05) is 37.5 Å². The highest BCUT2D eigenvalue weighted by atomic mass is 32.2. The van der Waals surface area contributed by atoms with Gasteiger partial charge in [0.05, 0.1) is 25.4 Å². The number of benzene rings is 1. The molecule has 8 nitrogen and oxygen atoms in total. The number of fused-ring (bicyclic) bond motifs is 2. The topological polar surface area (TPSA) is 93.0 Å². The molecule has 2 saturated heterocycles. The summed E-state index contributed by atoms with van der Waals surface area (Å²) in [6, 6.07) is 7.44. The quantitative estimate of drug-likeness (QED) is 0.771. The minimum absolute atomic E-state index is 0.00905. The first-order chi connectivity index (χ1) is 12.4. The smallest absolute Gasteiger partial charge is 0.228 e. The van der Waals surface area contributed by atoms with E-state index in [1.807, 2.05) is 24.3 Å². The summed E-state index contributed by atoms with van der Waals surface area (Å²) in [5, 5.41) is 4.86. The highest BCUT2D eigenvalue weighted by molar-refractivity contribution is 7.88. The van der Waals surface area contributed by atoms with Gasteiger partial charge in [-0.15, -0.1) is 0 Å². The highest BCUT2D eigenvalue weighted by Crippen LogP contribution is 2.26. The Balaban J connectivity index is 1.45. The van der Waals surface area contributed by atoms with Crippen molar-refractivity contribution in [3.05, 3.63) is 30.0 Å². The van der Waals surface area contributed by atoms with Crippen molar-refractivity contribution in [2.45, 2.75) is 12.5 Å². The molecule has 0 unspecified atom stereocenters. The van der Waals surface area contributed by atoms with Crippen LogP contribution in [0, 0.1) is 5.92 Å². The number of sulfonamides is 1. The monoisotopic (exact) mass is 379 g/mol. The summed E-state index contributed by atoms with van der Waals surface area (Å²) in [4.78, 5) is 14.5. The second-order valence-corrected chi connectivity index (χ2v) is 8.87. The van der Waals surface area contributed by atoms with Crippen LogP contribution in [0.4, 0.5) is 0 Å². The highest BCUT2D eigenvalue weighted by Gasteiger charge is 2.40. The Morgan fingerprint density at radius 2 is 2.08 bits per heavy atom. The Morgan fingerprint density at radius 3 is 2.88 bits per heavy atom. The normalized spacial score (nSPS) is 24.6. The van der Waals surface area contributed by atoms with E-state index in [9.17, 15) is 13.2 Å². The zero-order chi connectivity index (χ0) is 18.3. The standard InChI is InChI=1S/C17H21N3O5S/c1-26(22,23)20-6-7-24-16-11-19(9-12(16)10-20)17(21)8-14-13-4-2-3-5-15(13)25-18-14/h2-5,12,16H,6-11H2,1H3/t12-,16-/m1/s1. The fraction of sp³-hybridized carbons (Fsp3) is 0.529. The number of aromatic nitrogens is 1. The van der Waals surface area contributed by atoms with Gasteiger partial charge in [-0.2, -0.15) is 4.31 Å². The van der Waals surface area contributed by atoms with Crippen molar-refractivity contribution >= 4 is 26.9 Å². The second-order valence-electron chi connectivity index (χ2n) is 6.89. The van der Waals surface area contributed by atoms with Crippen LogP contribution in [-0.2, 0) is 26.0 Å². The molecule has 2 aliphatic heterocycles. The molecule has 2 atom stereocenters. The zero-order valence-corrected chi connectivity index (χ0v) is 15.3. The average Bonchev–Trinajstić information content (AvgIpc) is 3.12. The number of rotatable bonds is 3. The molecule has 9 heteroatoms. The minimum Gasteiger partial charge on any atom is -0.375 e. The Bertz CT molecular complexity index is 925. The van der Waals surface area contributed by atoms with Gasteiger partial charge < -0.3 is 14.2 Å². The van der Waals surface area contributed by atoms with E-state index >= 15 is 0 Å². The van der Waals surface area contributed by atoms with Gasteiger partial charge in [-0.25, -0.2) is 8.42 Å².